The zero-order valence-corrected chi connectivity index (χ0v) is 11.3. The van der Waals surface area contributed by atoms with Crippen molar-refractivity contribution in [1.82, 2.24) is 14.7 Å². The van der Waals surface area contributed by atoms with Gasteiger partial charge in [0.05, 0.1) is 12.7 Å². The number of amides is 1. The molecule has 0 saturated carbocycles. The molecule has 5 heteroatoms. The largest absolute Gasteiger partial charge is 0.337 e. The van der Waals surface area contributed by atoms with Crippen LogP contribution in [-0.2, 0) is 17.9 Å². The molecule has 0 bridgehead atoms. The Morgan fingerprint density at radius 1 is 1.20 bits per heavy atom. The van der Waals surface area contributed by atoms with Crippen LogP contribution in [0, 0.1) is 0 Å². The molecule has 0 spiro atoms. The number of rotatable bonds is 4. The van der Waals surface area contributed by atoms with E-state index in [4.69, 9.17) is 5.73 Å². The topological polar surface area (TPSA) is 64.2 Å². The van der Waals surface area contributed by atoms with Gasteiger partial charge in [-0.1, -0.05) is 30.3 Å². The number of hydrogen-bond donors (Lipinski definition) is 1. The van der Waals surface area contributed by atoms with Crippen molar-refractivity contribution in [2.75, 3.05) is 6.54 Å². The third-order valence-electron chi connectivity index (χ3n) is 3.49. The molecule has 1 aromatic carbocycles. The Morgan fingerprint density at radius 3 is 2.70 bits per heavy atom. The van der Waals surface area contributed by atoms with Gasteiger partial charge in [-0.3, -0.25) is 9.48 Å². The molecule has 1 saturated heterocycles. The number of aromatic nitrogens is 2. The van der Waals surface area contributed by atoms with Crippen molar-refractivity contribution in [3.63, 3.8) is 0 Å². The lowest BCUT2D eigenvalue weighted by Gasteiger charge is -2.14. The lowest BCUT2D eigenvalue weighted by atomic mass is 10.2. The van der Waals surface area contributed by atoms with Gasteiger partial charge in [-0.05, 0) is 5.56 Å². The fourth-order valence-corrected chi connectivity index (χ4v) is 2.52. The third kappa shape index (κ3) is 2.88. The summed E-state index contributed by atoms with van der Waals surface area (Å²) >= 11 is 0. The Labute approximate surface area is 118 Å². The number of nitrogens with two attached hydrogens (primary N) is 1. The van der Waals surface area contributed by atoms with Gasteiger partial charge in [0.15, 0.2) is 0 Å². The van der Waals surface area contributed by atoms with E-state index in [2.05, 4.69) is 17.2 Å². The van der Waals surface area contributed by atoms with Crippen LogP contribution < -0.4 is 5.73 Å². The minimum absolute atomic E-state index is 0.0261. The number of nitrogens with zero attached hydrogens (tertiary/aromatic N) is 3. The van der Waals surface area contributed by atoms with Crippen LogP contribution in [0.15, 0.2) is 42.7 Å². The van der Waals surface area contributed by atoms with E-state index in [1.165, 1.54) is 5.56 Å². The van der Waals surface area contributed by atoms with Gasteiger partial charge in [0.1, 0.15) is 0 Å². The van der Waals surface area contributed by atoms with Crippen LogP contribution in [0.25, 0.3) is 0 Å². The van der Waals surface area contributed by atoms with E-state index in [1.54, 1.807) is 4.90 Å². The SMILES string of the molecule is NC1CC(=O)N(Cc2cnn(Cc3ccccc3)c2)C1. The normalized spacial score (nSPS) is 18.8. The molecule has 0 radical (unpaired) electrons. The van der Waals surface area contributed by atoms with E-state index < -0.39 is 0 Å². The highest BCUT2D eigenvalue weighted by atomic mass is 16.2. The summed E-state index contributed by atoms with van der Waals surface area (Å²) in [7, 11) is 0. The Hall–Kier alpha value is -2.14. The molecule has 1 aliphatic rings. The summed E-state index contributed by atoms with van der Waals surface area (Å²) in [5.41, 5.74) is 8.05. The van der Waals surface area contributed by atoms with Gasteiger partial charge in [0, 0.05) is 37.3 Å². The molecule has 104 valence electrons. The maximum absolute atomic E-state index is 11.7. The quantitative estimate of drug-likeness (QED) is 0.901. The van der Waals surface area contributed by atoms with Crippen molar-refractivity contribution in [3.05, 3.63) is 53.9 Å². The Balaban J connectivity index is 1.64. The summed E-state index contributed by atoms with van der Waals surface area (Å²) in [4.78, 5) is 13.5. The Bertz CT molecular complexity index is 593. The van der Waals surface area contributed by atoms with Gasteiger partial charge < -0.3 is 10.6 Å². The fraction of sp³-hybridized carbons (Fsp3) is 0.333. The molecule has 2 aromatic rings. The first-order valence-electron chi connectivity index (χ1n) is 6.79. The van der Waals surface area contributed by atoms with Crippen molar-refractivity contribution in [3.8, 4) is 0 Å². The lowest BCUT2D eigenvalue weighted by Crippen LogP contribution is -2.27. The average Bonchev–Trinajstić information content (AvgIpc) is 2.98. The second-order valence-electron chi connectivity index (χ2n) is 5.27. The minimum atomic E-state index is -0.0261. The highest BCUT2D eigenvalue weighted by Gasteiger charge is 2.26. The highest BCUT2D eigenvalue weighted by molar-refractivity contribution is 5.79. The first-order valence-corrected chi connectivity index (χ1v) is 6.79. The van der Waals surface area contributed by atoms with Crippen LogP contribution in [0.1, 0.15) is 17.5 Å². The molecule has 1 aliphatic heterocycles. The second kappa shape index (κ2) is 5.46. The molecular weight excluding hydrogens is 252 g/mol. The van der Waals surface area contributed by atoms with E-state index >= 15 is 0 Å². The van der Waals surface area contributed by atoms with Crippen LogP contribution in [0.3, 0.4) is 0 Å². The molecule has 20 heavy (non-hydrogen) atoms. The van der Waals surface area contributed by atoms with Gasteiger partial charge in [-0.25, -0.2) is 0 Å². The van der Waals surface area contributed by atoms with Gasteiger partial charge >= 0.3 is 0 Å². The summed E-state index contributed by atoms with van der Waals surface area (Å²) in [5.74, 6) is 0.133. The lowest BCUT2D eigenvalue weighted by molar-refractivity contribution is -0.128. The molecule has 1 aromatic heterocycles. The molecule has 1 atom stereocenters. The Kier molecular flexibility index (Phi) is 3.52. The maximum Gasteiger partial charge on any atom is 0.224 e. The first-order chi connectivity index (χ1) is 9.70. The van der Waals surface area contributed by atoms with Gasteiger partial charge in [0.25, 0.3) is 0 Å². The smallest absolute Gasteiger partial charge is 0.224 e. The number of likely N-dealkylation sites (tertiary alicyclic amines) is 1. The van der Waals surface area contributed by atoms with E-state index in [1.807, 2.05) is 35.3 Å². The molecule has 0 aliphatic carbocycles. The van der Waals surface area contributed by atoms with E-state index in [0.29, 0.717) is 19.5 Å². The van der Waals surface area contributed by atoms with Crippen LogP contribution in [-0.4, -0.2) is 33.2 Å². The van der Waals surface area contributed by atoms with E-state index in [9.17, 15) is 4.79 Å². The standard InChI is InChI=1S/C15H18N4O/c16-14-6-15(20)18(11-14)8-13-7-17-19(10-13)9-12-4-2-1-3-5-12/h1-5,7,10,14H,6,8-9,11,16H2. The molecule has 2 heterocycles. The predicted molar refractivity (Wildman–Crippen MR) is 75.8 cm³/mol. The number of carbonyl (C=O) groups excluding carboxylic acids is 1. The number of benzene rings is 1. The predicted octanol–water partition coefficient (Wildman–Crippen LogP) is 0.991. The summed E-state index contributed by atoms with van der Waals surface area (Å²) in [6, 6.07) is 10.2. The molecule has 1 amide bonds. The van der Waals surface area contributed by atoms with Crippen LogP contribution in [0.5, 0.6) is 0 Å². The summed E-state index contributed by atoms with van der Waals surface area (Å²) < 4.78 is 1.89. The summed E-state index contributed by atoms with van der Waals surface area (Å²) in [6.07, 6.45) is 4.27. The molecule has 1 fully saturated rings. The zero-order valence-electron chi connectivity index (χ0n) is 11.3. The summed E-state index contributed by atoms with van der Waals surface area (Å²) in [6.45, 7) is 1.98. The maximum atomic E-state index is 11.7. The zero-order chi connectivity index (χ0) is 13.9. The minimum Gasteiger partial charge on any atom is -0.337 e. The van der Waals surface area contributed by atoms with Crippen LogP contribution >= 0.6 is 0 Å². The first kappa shape index (κ1) is 12.9. The Morgan fingerprint density at radius 2 is 2.00 bits per heavy atom. The fourth-order valence-electron chi connectivity index (χ4n) is 2.52. The molecular formula is C15H18N4O. The highest BCUT2D eigenvalue weighted by Crippen LogP contribution is 2.13. The average molecular weight is 270 g/mol. The molecule has 1 unspecified atom stereocenters. The monoisotopic (exact) mass is 270 g/mol. The molecule has 2 N–H and O–H groups in total. The second-order valence-corrected chi connectivity index (χ2v) is 5.27. The van der Waals surface area contributed by atoms with Gasteiger partial charge in [0.2, 0.25) is 5.91 Å². The summed E-state index contributed by atoms with van der Waals surface area (Å²) in [5, 5.41) is 4.35. The van der Waals surface area contributed by atoms with Gasteiger partial charge in [-0.2, -0.15) is 5.10 Å². The van der Waals surface area contributed by atoms with E-state index in [0.717, 1.165) is 12.1 Å². The van der Waals surface area contributed by atoms with Crippen LogP contribution in [0.2, 0.25) is 0 Å². The van der Waals surface area contributed by atoms with Crippen molar-refractivity contribution >= 4 is 5.91 Å². The van der Waals surface area contributed by atoms with Crippen molar-refractivity contribution in [1.29, 1.82) is 0 Å². The van der Waals surface area contributed by atoms with Crippen molar-refractivity contribution in [2.24, 2.45) is 5.73 Å². The molecule has 3 rings (SSSR count). The molecule has 5 nitrogen and oxygen atoms in total. The number of carbonyl (C=O) groups is 1. The van der Waals surface area contributed by atoms with Crippen molar-refractivity contribution in [2.45, 2.75) is 25.6 Å². The third-order valence-corrected chi connectivity index (χ3v) is 3.49. The van der Waals surface area contributed by atoms with Crippen LogP contribution in [0.4, 0.5) is 0 Å². The van der Waals surface area contributed by atoms with Crippen molar-refractivity contribution < 1.29 is 4.79 Å². The van der Waals surface area contributed by atoms with E-state index in [-0.39, 0.29) is 11.9 Å². The van der Waals surface area contributed by atoms with Gasteiger partial charge in [-0.15, -0.1) is 0 Å². The number of hydrogen-bond acceptors (Lipinski definition) is 3.